The minimum absolute atomic E-state index is 0.925. The van der Waals surface area contributed by atoms with E-state index in [4.69, 9.17) is 0 Å². The third-order valence-electron chi connectivity index (χ3n) is 2.43. The van der Waals surface area contributed by atoms with Crippen LogP contribution in [0, 0.1) is 0 Å². The Morgan fingerprint density at radius 2 is 2.12 bits per heavy atom. The van der Waals surface area contributed by atoms with Crippen molar-refractivity contribution in [2.45, 2.75) is 6.92 Å². The van der Waals surface area contributed by atoms with Crippen molar-refractivity contribution < 1.29 is 0 Å². The summed E-state index contributed by atoms with van der Waals surface area (Å²) in [5, 5.41) is 1.01. The highest BCUT2D eigenvalue weighted by Crippen LogP contribution is 2.19. The summed E-state index contributed by atoms with van der Waals surface area (Å²) in [6.45, 7) is 1.98. The van der Waals surface area contributed by atoms with Crippen LogP contribution in [0.3, 0.4) is 0 Å². The van der Waals surface area contributed by atoms with E-state index in [-0.39, 0.29) is 0 Å². The lowest BCUT2D eigenvalue weighted by atomic mass is 10.2. The molecule has 0 bridgehead atoms. The minimum Gasteiger partial charge on any atom is -0.366 e. The van der Waals surface area contributed by atoms with Crippen LogP contribution in [0.5, 0.6) is 0 Å². The number of aromatic nitrogens is 2. The molecule has 1 aromatic heterocycles. The lowest BCUT2D eigenvalue weighted by Gasteiger charge is -2.10. The SMILES string of the molecule is CC(=Nc1ccc2ncncc2c1)N(C)C. The predicted molar refractivity (Wildman–Crippen MR) is 66.0 cm³/mol. The summed E-state index contributed by atoms with van der Waals surface area (Å²) in [6, 6.07) is 5.91. The van der Waals surface area contributed by atoms with Crippen molar-refractivity contribution in [1.82, 2.24) is 14.9 Å². The van der Waals surface area contributed by atoms with Gasteiger partial charge in [0.15, 0.2) is 0 Å². The number of nitrogens with zero attached hydrogens (tertiary/aromatic N) is 4. The topological polar surface area (TPSA) is 41.4 Å². The van der Waals surface area contributed by atoms with Gasteiger partial charge in [-0.2, -0.15) is 0 Å². The lowest BCUT2D eigenvalue weighted by Crippen LogP contribution is -2.17. The summed E-state index contributed by atoms with van der Waals surface area (Å²) in [6.07, 6.45) is 3.35. The van der Waals surface area contributed by atoms with E-state index in [9.17, 15) is 0 Å². The third kappa shape index (κ3) is 2.16. The van der Waals surface area contributed by atoms with E-state index in [1.807, 2.05) is 44.1 Å². The van der Waals surface area contributed by atoms with E-state index >= 15 is 0 Å². The van der Waals surface area contributed by atoms with Crippen molar-refractivity contribution >= 4 is 22.4 Å². The van der Waals surface area contributed by atoms with Gasteiger partial charge in [-0.15, -0.1) is 0 Å². The molecule has 0 amide bonds. The molecule has 2 rings (SSSR count). The highest BCUT2D eigenvalue weighted by molar-refractivity contribution is 5.85. The molecule has 0 atom stereocenters. The first-order valence-corrected chi connectivity index (χ1v) is 5.09. The van der Waals surface area contributed by atoms with Crippen molar-refractivity contribution in [2.24, 2.45) is 4.99 Å². The van der Waals surface area contributed by atoms with E-state index in [0.29, 0.717) is 0 Å². The fourth-order valence-corrected chi connectivity index (χ4v) is 1.33. The molecule has 0 unspecified atom stereocenters. The molecule has 0 aliphatic rings. The van der Waals surface area contributed by atoms with E-state index in [0.717, 1.165) is 22.4 Å². The Kier molecular flexibility index (Phi) is 2.81. The molecule has 0 spiro atoms. The van der Waals surface area contributed by atoms with Crippen molar-refractivity contribution in [2.75, 3.05) is 14.1 Å². The van der Waals surface area contributed by atoms with Gasteiger partial charge >= 0.3 is 0 Å². The molecule has 0 aliphatic carbocycles. The molecular weight excluding hydrogens is 200 g/mol. The first kappa shape index (κ1) is 10.5. The van der Waals surface area contributed by atoms with Crippen molar-refractivity contribution in [3.8, 4) is 0 Å². The molecule has 0 aliphatic heterocycles. The molecule has 4 heteroatoms. The van der Waals surface area contributed by atoms with Crippen LogP contribution in [0.25, 0.3) is 10.9 Å². The molecule has 1 aromatic carbocycles. The van der Waals surface area contributed by atoms with Crippen molar-refractivity contribution in [1.29, 1.82) is 0 Å². The van der Waals surface area contributed by atoms with Crippen LogP contribution in [-0.2, 0) is 0 Å². The van der Waals surface area contributed by atoms with Gasteiger partial charge in [-0.1, -0.05) is 0 Å². The molecule has 16 heavy (non-hydrogen) atoms. The van der Waals surface area contributed by atoms with E-state index in [2.05, 4.69) is 15.0 Å². The Hall–Kier alpha value is -1.97. The summed E-state index contributed by atoms with van der Waals surface area (Å²) in [7, 11) is 3.95. The van der Waals surface area contributed by atoms with Gasteiger partial charge in [0.25, 0.3) is 0 Å². The Labute approximate surface area is 94.7 Å². The molecule has 0 saturated heterocycles. The second-order valence-electron chi connectivity index (χ2n) is 3.82. The normalized spacial score (nSPS) is 11.8. The number of benzene rings is 1. The fraction of sp³-hybridized carbons (Fsp3) is 0.250. The lowest BCUT2D eigenvalue weighted by molar-refractivity contribution is 0.619. The largest absolute Gasteiger partial charge is 0.366 e. The first-order valence-electron chi connectivity index (χ1n) is 5.09. The Bertz CT molecular complexity index is 531. The third-order valence-corrected chi connectivity index (χ3v) is 2.43. The van der Waals surface area contributed by atoms with E-state index < -0.39 is 0 Å². The summed E-state index contributed by atoms with van der Waals surface area (Å²) >= 11 is 0. The van der Waals surface area contributed by atoms with Gasteiger partial charge in [-0.3, -0.25) is 0 Å². The maximum Gasteiger partial charge on any atom is 0.116 e. The van der Waals surface area contributed by atoms with Gasteiger partial charge in [-0.05, 0) is 25.1 Å². The second kappa shape index (κ2) is 4.26. The predicted octanol–water partition coefficient (Wildman–Crippen LogP) is 2.24. The Balaban J connectivity index is 2.44. The van der Waals surface area contributed by atoms with E-state index in [1.54, 1.807) is 12.5 Å². The molecule has 4 nitrogen and oxygen atoms in total. The van der Waals surface area contributed by atoms with Gasteiger partial charge in [0.2, 0.25) is 0 Å². The maximum atomic E-state index is 4.50. The minimum atomic E-state index is 0.925. The van der Waals surface area contributed by atoms with Crippen molar-refractivity contribution in [3.63, 3.8) is 0 Å². The van der Waals surface area contributed by atoms with Crippen LogP contribution in [0.4, 0.5) is 5.69 Å². The van der Waals surface area contributed by atoms with Crippen LogP contribution in [0.15, 0.2) is 35.7 Å². The molecule has 82 valence electrons. The smallest absolute Gasteiger partial charge is 0.116 e. The maximum absolute atomic E-state index is 4.50. The summed E-state index contributed by atoms with van der Waals surface area (Å²) in [5.41, 5.74) is 1.87. The average Bonchev–Trinajstić information content (AvgIpc) is 2.28. The Morgan fingerprint density at radius 1 is 1.31 bits per heavy atom. The summed E-state index contributed by atoms with van der Waals surface area (Å²) in [5.74, 6) is 0.969. The van der Waals surface area contributed by atoms with Crippen LogP contribution in [-0.4, -0.2) is 34.8 Å². The zero-order valence-electron chi connectivity index (χ0n) is 9.68. The number of amidine groups is 1. The summed E-state index contributed by atoms with van der Waals surface area (Å²) < 4.78 is 0. The number of fused-ring (bicyclic) bond motifs is 1. The van der Waals surface area contributed by atoms with Gasteiger partial charge in [0, 0.05) is 25.7 Å². The van der Waals surface area contributed by atoms with E-state index in [1.165, 1.54) is 0 Å². The molecule has 2 aromatic rings. The number of hydrogen-bond acceptors (Lipinski definition) is 3. The zero-order chi connectivity index (χ0) is 11.5. The molecule has 1 heterocycles. The van der Waals surface area contributed by atoms with Gasteiger partial charge in [0.1, 0.15) is 12.2 Å². The van der Waals surface area contributed by atoms with Crippen molar-refractivity contribution in [3.05, 3.63) is 30.7 Å². The van der Waals surface area contributed by atoms with Gasteiger partial charge < -0.3 is 4.90 Å². The quantitative estimate of drug-likeness (QED) is 0.540. The number of aliphatic imine (C=N–C) groups is 1. The van der Waals surface area contributed by atoms with Crippen LogP contribution in [0.1, 0.15) is 6.92 Å². The monoisotopic (exact) mass is 214 g/mol. The second-order valence-corrected chi connectivity index (χ2v) is 3.82. The zero-order valence-corrected chi connectivity index (χ0v) is 9.68. The molecule has 0 fully saturated rings. The first-order chi connectivity index (χ1) is 7.66. The molecule has 0 radical (unpaired) electrons. The highest BCUT2D eigenvalue weighted by Gasteiger charge is 1.98. The molecule has 0 saturated carbocycles. The highest BCUT2D eigenvalue weighted by atomic mass is 15.1. The van der Waals surface area contributed by atoms with Crippen LogP contribution >= 0.6 is 0 Å². The van der Waals surface area contributed by atoms with Gasteiger partial charge in [0.05, 0.1) is 11.2 Å². The number of rotatable bonds is 1. The standard InChI is InChI=1S/C12H14N4/c1-9(16(2)3)15-11-4-5-12-10(6-11)7-13-8-14-12/h4-8H,1-3H3. The van der Waals surface area contributed by atoms with Crippen LogP contribution < -0.4 is 0 Å². The Morgan fingerprint density at radius 3 is 2.88 bits per heavy atom. The van der Waals surface area contributed by atoms with Gasteiger partial charge in [-0.25, -0.2) is 15.0 Å². The number of hydrogen-bond donors (Lipinski definition) is 0. The molecular formula is C12H14N4. The molecule has 0 N–H and O–H groups in total. The van der Waals surface area contributed by atoms with Crippen LogP contribution in [0.2, 0.25) is 0 Å². The fourth-order valence-electron chi connectivity index (χ4n) is 1.33. The summed E-state index contributed by atoms with van der Waals surface area (Å²) in [4.78, 5) is 14.6. The average molecular weight is 214 g/mol.